The Labute approximate surface area is 77.8 Å². The molecule has 2 amide bonds. The second-order valence-corrected chi connectivity index (χ2v) is 3.05. The van der Waals surface area contributed by atoms with Crippen molar-refractivity contribution in [2.75, 3.05) is 14.2 Å². The van der Waals surface area contributed by atoms with Crippen LogP contribution in [0.1, 0.15) is 19.8 Å². The van der Waals surface area contributed by atoms with E-state index in [1.54, 1.807) is 6.92 Å². The van der Waals surface area contributed by atoms with E-state index in [9.17, 15) is 9.59 Å². The fourth-order valence-corrected chi connectivity index (χ4v) is 0.944. The van der Waals surface area contributed by atoms with Gasteiger partial charge in [-0.25, -0.2) is 5.06 Å². The molecule has 0 spiro atoms. The van der Waals surface area contributed by atoms with Gasteiger partial charge >= 0.3 is 0 Å². The van der Waals surface area contributed by atoms with Crippen molar-refractivity contribution in [2.24, 2.45) is 11.7 Å². The number of nitrogens with two attached hydrogens (primary N) is 1. The molecule has 0 aromatic rings. The third-order valence-corrected chi connectivity index (χ3v) is 1.70. The number of carbonyl (C=O) groups excluding carboxylic acids is 2. The van der Waals surface area contributed by atoms with Gasteiger partial charge in [0.1, 0.15) is 0 Å². The molecule has 0 aliphatic heterocycles. The Bertz CT molecular complexity index is 194. The SMILES string of the molecule is CON(C)C(=O)CC(C)CC(N)=O. The molecule has 0 radical (unpaired) electrons. The second kappa shape index (κ2) is 5.53. The Kier molecular flexibility index (Phi) is 5.06. The zero-order chi connectivity index (χ0) is 10.4. The monoisotopic (exact) mass is 188 g/mol. The molecular weight excluding hydrogens is 172 g/mol. The van der Waals surface area contributed by atoms with E-state index in [4.69, 9.17) is 5.73 Å². The number of hydroxylamine groups is 2. The Morgan fingerprint density at radius 2 is 2.00 bits per heavy atom. The van der Waals surface area contributed by atoms with Crippen LogP contribution in [0.2, 0.25) is 0 Å². The van der Waals surface area contributed by atoms with E-state index >= 15 is 0 Å². The number of rotatable bonds is 5. The van der Waals surface area contributed by atoms with E-state index in [0.717, 1.165) is 5.06 Å². The summed E-state index contributed by atoms with van der Waals surface area (Å²) in [5, 5.41) is 1.14. The van der Waals surface area contributed by atoms with Gasteiger partial charge in [-0.3, -0.25) is 14.4 Å². The Morgan fingerprint density at radius 3 is 2.38 bits per heavy atom. The second-order valence-electron chi connectivity index (χ2n) is 3.05. The highest BCUT2D eigenvalue weighted by molar-refractivity contribution is 5.77. The lowest BCUT2D eigenvalue weighted by atomic mass is 10.0. The Hall–Kier alpha value is -1.10. The van der Waals surface area contributed by atoms with Crippen LogP contribution < -0.4 is 5.73 Å². The lowest BCUT2D eigenvalue weighted by Crippen LogP contribution is -2.28. The van der Waals surface area contributed by atoms with Crippen LogP contribution in [0, 0.1) is 5.92 Å². The molecule has 5 heteroatoms. The summed E-state index contributed by atoms with van der Waals surface area (Å²) in [4.78, 5) is 26.4. The average Bonchev–Trinajstić information content (AvgIpc) is 2.01. The van der Waals surface area contributed by atoms with Crippen molar-refractivity contribution in [3.8, 4) is 0 Å². The topological polar surface area (TPSA) is 72.6 Å². The predicted octanol–water partition coefficient (Wildman–Crippen LogP) is -0.0922. The lowest BCUT2D eigenvalue weighted by Gasteiger charge is -2.15. The van der Waals surface area contributed by atoms with E-state index < -0.39 is 0 Å². The Balaban J connectivity index is 3.84. The van der Waals surface area contributed by atoms with Gasteiger partial charge in [0, 0.05) is 19.9 Å². The average molecular weight is 188 g/mol. The molecule has 0 aromatic heterocycles. The first-order valence-corrected chi connectivity index (χ1v) is 4.06. The van der Waals surface area contributed by atoms with Crippen LogP contribution in [0.5, 0.6) is 0 Å². The van der Waals surface area contributed by atoms with E-state index in [1.807, 2.05) is 0 Å². The molecule has 1 atom stereocenters. The highest BCUT2D eigenvalue weighted by atomic mass is 16.7. The molecule has 0 aliphatic rings. The zero-order valence-electron chi connectivity index (χ0n) is 8.24. The van der Waals surface area contributed by atoms with Gasteiger partial charge in [0.25, 0.3) is 0 Å². The first-order valence-electron chi connectivity index (χ1n) is 4.06. The van der Waals surface area contributed by atoms with Crippen LogP contribution in [-0.2, 0) is 14.4 Å². The van der Waals surface area contributed by atoms with Crippen LogP contribution >= 0.6 is 0 Å². The number of amides is 2. The fraction of sp³-hybridized carbons (Fsp3) is 0.750. The molecule has 0 aromatic carbocycles. The molecule has 0 saturated heterocycles. The van der Waals surface area contributed by atoms with Gasteiger partial charge < -0.3 is 5.73 Å². The van der Waals surface area contributed by atoms with Crippen LogP contribution in [0.25, 0.3) is 0 Å². The van der Waals surface area contributed by atoms with Crippen LogP contribution in [-0.4, -0.2) is 31.0 Å². The van der Waals surface area contributed by atoms with Gasteiger partial charge in [0.05, 0.1) is 7.11 Å². The van der Waals surface area contributed by atoms with Crippen molar-refractivity contribution in [2.45, 2.75) is 19.8 Å². The third-order valence-electron chi connectivity index (χ3n) is 1.70. The largest absolute Gasteiger partial charge is 0.370 e. The molecule has 0 fully saturated rings. The minimum Gasteiger partial charge on any atom is -0.370 e. The van der Waals surface area contributed by atoms with E-state index in [2.05, 4.69) is 4.84 Å². The van der Waals surface area contributed by atoms with Crippen LogP contribution in [0.4, 0.5) is 0 Å². The minimum atomic E-state index is -0.389. The standard InChI is InChI=1S/C8H16N2O3/c1-6(4-7(9)11)5-8(12)10(2)13-3/h6H,4-5H2,1-3H3,(H2,9,11). The summed E-state index contributed by atoms with van der Waals surface area (Å²) >= 11 is 0. The summed E-state index contributed by atoms with van der Waals surface area (Å²) in [7, 11) is 2.94. The van der Waals surface area contributed by atoms with Crippen molar-refractivity contribution in [1.82, 2.24) is 5.06 Å². The first-order chi connectivity index (χ1) is 5.97. The summed E-state index contributed by atoms with van der Waals surface area (Å²) < 4.78 is 0. The van der Waals surface area contributed by atoms with Crippen molar-refractivity contribution < 1.29 is 14.4 Å². The van der Waals surface area contributed by atoms with E-state index in [0.29, 0.717) is 0 Å². The molecule has 0 bridgehead atoms. The highest BCUT2D eigenvalue weighted by Gasteiger charge is 2.14. The third kappa shape index (κ3) is 5.19. The maximum absolute atomic E-state index is 11.2. The zero-order valence-corrected chi connectivity index (χ0v) is 8.24. The summed E-state index contributed by atoms with van der Waals surface area (Å²) in [6, 6.07) is 0. The molecule has 2 N–H and O–H groups in total. The lowest BCUT2D eigenvalue weighted by molar-refractivity contribution is -0.169. The molecular formula is C8H16N2O3. The summed E-state index contributed by atoms with van der Waals surface area (Å²) in [5.74, 6) is -0.584. The molecule has 13 heavy (non-hydrogen) atoms. The normalized spacial score (nSPS) is 12.2. The van der Waals surface area contributed by atoms with Crippen LogP contribution in [0.3, 0.4) is 0 Å². The smallest absolute Gasteiger partial charge is 0.246 e. The van der Waals surface area contributed by atoms with Gasteiger partial charge in [0.2, 0.25) is 11.8 Å². The molecule has 5 nitrogen and oxygen atoms in total. The summed E-state index contributed by atoms with van der Waals surface area (Å²) in [6.45, 7) is 1.80. The number of hydrogen-bond donors (Lipinski definition) is 1. The maximum Gasteiger partial charge on any atom is 0.246 e. The number of carbonyl (C=O) groups is 2. The van der Waals surface area contributed by atoms with Gasteiger partial charge in [-0.05, 0) is 5.92 Å². The van der Waals surface area contributed by atoms with Gasteiger partial charge in [-0.2, -0.15) is 0 Å². The van der Waals surface area contributed by atoms with Crippen LogP contribution in [0.15, 0.2) is 0 Å². The Morgan fingerprint density at radius 1 is 1.46 bits per heavy atom. The number of hydrogen-bond acceptors (Lipinski definition) is 3. The highest BCUT2D eigenvalue weighted by Crippen LogP contribution is 2.08. The van der Waals surface area contributed by atoms with Crippen molar-refractivity contribution in [1.29, 1.82) is 0 Å². The molecule has 76 valence electrons. The number of primary amides is 1. The number of nitrogens with zero attached hydrogens (tertiary/aromatic N) is 1. The van der Waals surface area contributed by atoms with Gasteiger partial charge in [-0.15, -0.1) is 0 Å². The maximum atomic E-state index is 11.2. The van der Waals surface area contributed by atoms with E-state index in [1.165, 1.54) is 14.2 Å². The first kappa shape index (κ1) is 11.9. The summed E-state index contributed by atoms with van der Waals surface area (Å²) in [5.41, 5.74) is 4.98. The van der Waals surface area contributed by atoms with E-state index in [-0.39, 0.29) is 30.6 Å². The fourth-order valence-electron chi connectivity index (χ4n) is 0.944. The molecule has 0 saturated carbocycles. The van der Waals surface area contributed by atoms with Crippen molar-refractivity contribution in [3.63, 3.8) is 0 Å². The predicted molar refractivity (Wildman–Crippen MR) is 47.4 cm³/mol. The van der Waals surface area contributed by atoms with Gasteiger partial charge in [-0.1, -0.05) is 6.92 Å². The molecule has 1 unspecified atom stereocenters. The minimum absolute atomic E-state index is 0.0393. The molecule has 0 rings (SSSR count). The molecule has 0 aliphatic carbocycles. The van der Waals surface area contributed by atoms with Gasteiger partial charge in [0.15, 0.2) is 0 Å². The van der Waals surface area contributed by atoms with Crippen molar-refractivity contribution in [3.05, 3.63) is 0 Å². The molecule has 0 heterocycles. The van der Waals surface area contributed by atoms with Crippen molar-refractivity contribution >= 4 is 11.8 Å². The summed E-state index contributed by atoms with van der Waals surface area (Å²) in [6.07, 6.45) is 0.497. The quantitative estimate of drug-likeness (QED) is 0.613.